The van der Waals surface area contributed by atoms with Gasteiger partial charge in [0.2, 0.25) is 0 Å². The molecule has 0 bridgehead atoms. The zero-order chi connectivity index (χ0) is 14.2. The normalized spacial score (nSPS) is 15.8. The van der Waals surface area contributed by atoms with Crippen LogP contribution in [0, 0.1) is 0 Å². The summed E-state index contributed by atoms with van der Waals surface area (Å²) in [6.45, 7) is 1.97. The summed E-state index contributed by atoms with van der Waals surface area (Å²) in [6.07, 6.45) is 5.61. The van der Waals surface area contributed by atoms with Gasteiger partial charge in [-0.2, -0.15) is 5.10 Å². The van der Waals surface area contributed by atoms with Crippen molar-refractivity contribution in [3.63, 3.8) is 0 Å². The first-order valence-electron chi connectivity index (χ1n) is 7.04. The predicted octanol–water partition coefficient (Wildman–Crippen LogP) is 2.03. The molecule has 22 heavy (non-hydrogen) atoms. The summed E-state index contributed by atoms with van der Waals surface area (Å²) in [6, 6.07) is 1.68. The summed E-state index contributed by atoms with van der Waals surface area (Å²) in [5, 5.41) is 10.6. The van der Waals surface area contributed by atoms with Crippen molar-refractivity contribution in [2.45, 2.75) is 18.8 Å². The van der Waals surface area contributed by atoms with Crippen LogP contribution in [0.2, 0.25) is 0 Å². The largest absolute Gasteiger partial charge is 0.317 e. The number of hydrogen-bond acceptors (Lipinski definition) is 5. The summed E-state index contributed by atoms with van der Waals surface area (Å²) < 4.78 is 1.87. The van der Waals surface area contributed by atoms with Crippen LogP contribution in [0.25, 0.3) is 16.2 Å². The van der Waals surface area contributed by atoms with Gasteiger partial charge in [-0.15, -0.1) is 23.7 Å². The third kappa shape index (κ3) is 2.55. The number of nitrogens with one attached hydrogen (secondary N) is 2. The van der Waals surface area contributed by atoms with Crippen molar-refractivity contribution in [2.24, 2.45) is 0 Å². The van der Waals surface area contributed by atoms with E-state index >= 15 is 0 Å². The standard InChI is InChI=1S/C14H15N5OS.ClH/c20-12-7-11(9-1-3-15-4-2-9)19-13(18-12)10(8-17-19)14-16-5-6-21-14;/h5-9,15H,1-4H2,(H,18,20);1H. The second-order valence-corrected chi connectivity index (χ2v) is 6.13. The van der Waals surface area contributed by atoms with Crippen molar-refractivity contribution in [3.8, 4) is 10.6 Å². The Kier molecular flexibility index (Phi) is 4.28. The Morgan fingerprint density at radius 3 is 2.86 bits per heavy atom. The van der Waals surface area contributed by atoms with Gasteiger partial charge in [-0.3, -0.25) is 4.79 Å². The van der Waals surface area contributed by atoms with Crippen LogP contribution in [-0.2, 0) is 0 Å². The Morgan fingerprint density at radius 2 is 2.14 bits per heavy atom. The Hall–Kier alpha value is -1.70. The molecule has 116 valence electrons. The highest BCUT2D eigenvalue weighted by molar-refractivity contribution is 7.13. The molecular formula is C14H16ClN5OS. The van der Waals surface area contributed by atoms with Crippen LogP contribution in [-0.4, -0.2) is 32.7 Å². The van der Waals surface area contributed by atoms with E-state index in [1.165, 1.54) is 0 Å². The lowest BCUT2D eigenvalue weighted by atomic mass is 9.94. The number of nitrogens with zero attached hydrogens (tertiary/aromatic N) is 3. The molecule has 0 spiro atoms. The fraction of sp³-hybridized carbons (Fsp3) is 0.357. The van der Waals surface area contributed by atoms with E-state index in [4.69, 9.17) is 0 Å². The highest BCUT2D eigenvalue weighted by atomic mass is 35.5. The fourth-order valence-corrected chi connectivity index (χ4v) is 3.58. The zero-order valence-corrected chi connectivity index (χ0v) is 13.4. The Morgan fingerprint density at radius 1 is 1.32 bits per heavy atom. The topological polar surface area (TPSA) is 75.1 Å². The first-order valence-corrected chi connectivity index (χ1v) is 7.92. The van der Waals surface area contributed by atoms with Gasteiger partial charge in [-0.25, -0.2) is 9.50 Å². The van der Waals surface area contributed by atoms with E-state index in [2.05, 4.69) is 20.4 Å². The van der Waals surface area contributed by atoms with Gasteiger partial charge >= 0.3 is 0 Å². The lowest BCUT2D eigenvalue weighted by molar-refractivity contribution is 0.446. The molecule has 0 aliphatic carbocycles. The molecule has 2 N–H and O–H groups in total. The van der Waals surface area contributed by atoms with E-state index in [0.29, 0.717) is 5.92 Å². The van der Waals surface area contributed by atoms with E-state index in [-0.39, 0.29) is 18.0 Å². The van der Waals surface area contributed by atoms with E-state index < -0.39 is 0 Å². The summed E-state index contributed by atoms with van der Waals surface area (Å²) in [4.78, 5) is 19.3. The molecule has 4 heterocycles. The van der Waals surface area contributed by atoms with Gasteiger partial charge in [0.05, 0.1) is 17.5 Å². The Bertz CT molecular complexity index is 819. The molecule has 0 unspecified atom stereocenters. The smallest absolute Gasteiger partial charge is 0.251 e. The van der Waals surface area contributed by atoms with Gasteiger partial charge in [0.1, 0.15) is 10.7 Å². The van der Waals surface area contributed by atoms with Gasteiger partial charge < -0.3 is 10.3 Å². The molecule has 8 heteroatoms. The molecule has 3 aromatic heterocycles. The van der Waals surface area contributed by atoms with Crippen LogP contribution < -0.4 is 10.9 Å². The van der Waals surface area contributed by atoms with Crippen molar-refractivity contribution in [2.75, 3.05) is 13.1 Å². The highest BCUT2D eigenvalue weighted by Crippen LogP contribution is 2.28. The van der Waals surface area contributed by atoms with Gasteiger partial charge in [0, 0.05) is 23.6 Å². The first-order chi connectivity index (χ1) is 10.3. The second kappa shape index (κ2) is 6.20. The molecule has 1 fully saturated rings. The van der Waals surface area contributed by atoms with Gasteiger partial charge in [0.25, 0.3) is 5.56 Å². The van der Waals surface area contributed by atoms with Crippen molar-refractivity contribution in [1.82, 2.24) is 24.9 Å². The molecular weight excluding hydrogens is 322 g/mol. The number of halogens is 1. The van der Waals surface area contributed by atoms with E-state index in [9.17, 15) is 4.79 Å². The number of hydrogen-bond donors (Lipinski definition) is 2. The van der Waals surface area contributed by atoms with Gasteiger partial charge in [-0.05, 0) is 25.9 Å². The van der Waals surface area contributed by atoms with E-state index in [1.807, 2.05) is 9.90 Å². The summed E-state index contributed by atoms with van der Waals surface area (Å²) in [7, 11) is 0. The molecule has 3 aromatic rings. The third-order valence-corrected chi connectivity index (χ3v) is 4.76. The Balaban J connectivity index is 0.00000144. The number of H-pyrrole nitrogens is 1. The molecule has 1 aliphatic heterocycles. The molecule has 1 saturated heterocycles. The fourth-order valence-electron chi connectivity index (χ4n) is 2.93. The van der Waals surface area contributed by atoms with Gasteiger partial charge in [0.15, 0.2) is 0 Å². The average molecular weight is 338 g/mol. The van der Waals surface area contributed by atoms with Crippen molar-refractivity contribution < 1.29 is 0 Å². The lowest BCUT2D eigenvalue weighted by Gasteiger charge is -2.23. The number of thiazole rings is 1. The van der Waals surface area contributed by atoms with Crippen LogP contribution in [0.3, 0.4) is 0 Å². The number of aromatic amines is 1. The molecule has 0 aromatic carbocycles. The van der Waals surface area contributed by atoms with Crippen LogP contribution in [0.5, 0.6) is 0 Å². The minimum Gasteiger partial charge on any atom is -0.317 e. The van der Waals surface area contributed by atoms with Crippen LogP contribution in [0.4, 0.5) is 0 Å². The van der Waals surface area contributed by atoms with Crippen molar-refractivity contribution >= 4 is 29.4 Å². The van der Waals surface area contributed by atoms with Crippen LogP contribution >= 0.6 is 23.7 Å². The minimum atomic E-state index is -0.0747. The first kappa shape index (κ1) is 15.2. The molecule has 6 nitrogen and oxygen atoms in total. The summed E-state index contributed by atoms with van der Waals surface area (Å²) in [5.74, 6) is 0.375. The second-order valence-electron chi connectivity index (χ2n) is 5.24. The molecule has 0 amide bonds. The quantitative estimate of drug-likeness (QED) is 0.750. The van der Waals surface area contributed by atoms with Crippen molar-refractivity contribution in [3.05, 3.63) is 39.9 Å². The molecule has 0 atom stereocenters. The predicted molar refractivity (Wildman–Crippen MR) is 89.0 cm³/mol. The monoisotopic (exact) mass is 337 g/mol. The minimum absolute atomic E-state index is 0. The Labute approximate surface area is 137 Å². The maximum Gasteiger partial charge on any atom is 0.251 e. The van der Waals surface area contributed by atoms with E-state index in [1.54, 1.807) is 29.8 Å². The van der Waals surface area contributed by atoms with Gasteiger partial charge in [-0.1, -0.05) is 0 Å². The van der Waals surface area contributed by atoms with E-state index in [0.717, 1.165) is 47.8 Å². The maximum absolute atomic E-state index is 12.0. The average Bonchev–Trinajstić information content (AvgIpc) is 3.15. The van der Waals surface area contributed by atoms with Crippen LogP contribution in [0.15, 0.2) is 28.6 Å². The molecule has 1 aliphatic rings. The molecule has 0 radical (unpaired) electrons. The maximum atomic E-state index is 12.0. The lowest BCUT2D eigenvalue weighted by Crippen LogP contribution is -2.28. The zero-order valence-electron chi connectivity index (χ0n) is 11.8. The number of aromatic nitrogens is 4. The molecule has 0 saturated carbocycles. The number of rotatable bonds is 2. The number of piperidine rings is 1. The highest BCUT2D eigenvalue weighted by Gasteiger charge is 2.21. The molecule has 4 rings (SSSR count). The van der Waals surface area contributed by atoms with Crippen molar-refractivity contribution in [1.29, 1.82) is 0 Å². The SMILES string of the molecule is Cl.O=c1cc(C2CCNCC2)n2ncc(-c3nccs3)c2[nH]1. The summed E-state index contributed by atoms with van der Waals surface area (Å²) in [5.41, 5.74) is 2.55. The van der Waals surface area contributed by atoms with Crippen LogP contribution in [0.1, 0.15) is 24.5 Å². The number of fused-ring (bicyclic) bond motifs is 1. The third-order valence-electron chi connectivity index (χ3n) is 3.95. The summed E-state index contributed by atoms with van der Waals surface area (Å²) >= 11 is 1.55.